The Morgan fingerprint density at radius 1 is 0.903 bits per heavy atom. The fourth-order valence-corrected chi connectivity index (χ4v) is 7.18. The molecule has 3 fully saturated rings. The van der Waals surface area contributed by atoms with Gasteiger partial charge in [-0.25, -0.2) is 4.57 Å². The first-order chi connectivity index (χ1) is 14.6. The third kappa shape index (κ3) is 3.78. The molecule has 2 saturated heterocycles. The van der Waals surface area contributed by atoms with Gasteiger partial charge in [0.05, 0.1) is 22.3 Å². The summed E-state index contributed by atoms with van der Waals surface area (Å²) in [6.07, 6.45) is -0.699. The second-order valence-corrected chi connectivity index (χ2v) is 11.6. The lowest BCUT2D eigenvalue weighted by atomic mass is 10.00. The van der Waals surface area contributed by atoms with Gasteiger partial charge < -0.3 is 23.3 Å². The number of ether oxygens (including phenoxy) is 3. The monoisotopic (exact) mass is 484 g/mol. The van der Waals surface area contributed by atoms with E-state index >= 15 is 0 Å². The number of halogens is 2. The number of fused-ring (bicyclic) bond motifs is 3. The van der Waals surface area contributed by atoms with E-state index in [1.54, 1.807) is 48.5 Å². The van der Waals surface area contributed by atoms with Crippen LogP contribution in [-0.2, 0) is 18.8 Å². The molecule has 0 spiro atoms. The van der Waals surface area contributed by atoms with Gasteiger partial charge in [0.15, 0.2) is 12.1 Å². The molecule has 1 saturated carbocycles. The van der Waals surface area contributed by atoms with Crippen LogP contribution in [-0.4, -0.2) is 30.4 Å². The average Bonchev–Trinajstić information content (AvgIpc) is 2.95. The van der Waals surface area contributed by atoms with Crippen LogP contribution in [0.15, 0.2) is 48.5 Å². The highest BCUT2D eigenvalue weighted by Gasteiger charge is 2.78. The van der Waals surface area contributed by atoms with Crippen molar-refractivity contribution < 1.29 is 27.8 Å². The lowest BCUT2D eigenvalue weighted by Crippen LogP contribution is -2.30. The van der Waals surface area contributed by atoms with Gasteiger partial charge in [-0.3, -0.25) is 0 Å². The summed E-state index contributed by atoms with van der Waals surface area (Å²) < 4.78 is 43.8. The van der Waals surface area contributed by atoms with Crippen LogP contribution in [0, 0.1) is 11.3 Å². The van der Waals surface area contributed by atoms with E-state index in [-0.39, 0.29) is 41.2 Å². The van der Waals surface area contributed by atoms with Gasteiger partial charge in [-0.1, -0.05) is 54.4 Å². The molecule has 166 valence electrons. The van der Waals surface area contributed by atoms with Crippen LogP contribution >= 0.6 is 30.8 Å². The Labute approximate surface area is 191 Å². The van der Waals surface area contributed by atoms with E-state index in [0.717, 1.165) is 0 Å². The molecule has 5 rings (SSSR count). The molecule has 1 aliphatic carbocycles. The van der Waals surface area contributed by atoms with Crippen molar-refractivity contribution >= 4 is 30.8 Å². The molecule has 6 nitrogen and oxygen atoms in total. The van der Waals surface area contributed by atoms with E-state index in [2.05, 4.69) is 6.92 Å². The molecular weight excluding hydrogens is 462 g/mol. The summed E-state index contributed by atoms with van der Waals surface area (Å²) in [5.74, 6) is -0.240. The highest BCUT2D eigenvalue weighted by Crippen LogP contribution is 2.70. The Morgan fingerprint density at radius 3 is 2.00 bits per heavy atom. The fraction of sp³-hybridized carbons (Fsp3) is 0.455. The number of benzene rings is 2. The van der Waals surface area contributed by atoms with E-state index < -0.39 is 19.7 Å². The largest absolute Gasteiger partial charge is 0.431 e. The number of rotatable bonds is 6. The molecule has 0 aromatic heterocycles. The maximum atomic E-state index is 14.0. The molecule has 2 aromatic rings. The Morgan fingerprint density at radius 2 is 1.45 bits per heavy atom. The van der Waals surface area contributed by atoms with E-state index in [1.807, 2.05) is 13.8 Å². The molecule has 31 heavy (non-hydrogen) atoms. The van der Waals surface area contributed by atoms with Crippen LogP contribution in [0.4, 0.5) is 0 Å². The zero-order valence-corrected chi connectivity index (χ0v) is 19.7. The minimum Gasteiger partial charge on any atom is -0.414 e. The zero-order chi connectivity index (χ0) is 22.0. The van der Waals surface area contributed by atoms with Gasteiger partial charge in [-0.15, -0.1) is 0 Å². The van der Waals surface area contributed by atoms with Gasteiger partial charge in [0.2, 0.25) is 0 Å². The van der Waals surface area contributed by atoms with Crippen molar-refractivity contribution in [1.29, 1.82) is 0 Å². The van der Waals surface area contributed by atoms with Crippen LogP contribution in [0.5, 0.6) is 11.5 Å². The first-order valence-electron chi connectivity index (χ1n) is 10.1. The molecule has 5 atom stereocenters. The Kier molecular flexibility index (Phi) is 5.13. The van der Waals surface area contributed by atoms with Crippen LogP contribution in [0.2, 0.25) is 10.0 Å². The first-order valence-corrected chi connectivity index (χ1v) is 12.6. The van der Waals surface area contributed by atoms with Crippen molar-refractivity contribution in [2.24, 2.45) is 11.3 Å². The SMILES string of the molecule is CC1(C)OC2OC3C(CP(=O)(Oc4ccccc4Cl)Oc4ccccc4Cl)C3(C)C2O1. The molecule has 9 heteroatoms. The maximum absolute atomic E-state index is 14.0. The first kappa shape index (κ1) is 21.6. The predicted octanol–water partition coefficient (Wildman–Crippen LogP) is 6.16. The second kappa shape index (κ2) is 7.38. The van der Waals surface area contributed by atoms with Gasteiger partial charge in [0, 0.05) is 11.3 Å². The van der Waals surface area contributed by atoms with E-state index in [1.165, 1.54) is 0 Å². The molecule has 2 aromatic carbocycles. The second-order valence-electron chi connectivity index (χ2n) is 8.79. The molecule has 0 bridgehead atoms. The van der Waals surface area contributed by atoms with Crippen molar-refractivity contribution in [3.05, 3.63) is 58.6 Å². The summed E-state index contributed by atoms with van der Waals surface area (Å²) in [4.78, 5) is 0. The van der Waals surface area contributed by atoms with Crippen LogP contribution < -0.4 is 9.05 Å². The van der Waals surface area contributed by atoms with Crippen LogP contribution in [0.1, 0.15) is 20.8 Å². The van der Waals surface area contributed by atoms with Gasteiger partial charge in [0.1, 0.15) is 17.6 Å². The summed E-state index contributed by atoms with van der Waals surface area (Å²) in [6.45, 7) is 5.78. The fourth-order valence-electron chi connectivity index (χ4n) is 4.55. The van der Waals surface area contributed by atoms with Crippen LogP contribution in [0.25, 0.3) is 0 Å². The van der Waals surface area contributed by atoms with Crippen molar-refractivity contribution in [2.75, 3.05) is 6.16 Å². The number of hydrogen-bond acceptors (Lipinski definition) is 6. The molecule has 5 unspecified atom stereocenters. The van der Waals surface area contributed by atoms with Crippen molar-refractivity contribution in [2.45, 2.75) is 45.1 Å². The summed E-state index contributed by atoms with van der Waals surface area (Å²) >= 11 is 12.5. The molecule has 2 aliphatic heterocycles. The summed E-state index contributed by atoms with van der Waals surface area (Å²) in [6, 6.07) is 13.7. The Hall–Kier alpha value is -1.27. The average molecular weight is 485 g/mol. The molecular formula is C22H23Cl2O6P. The molecule has 0 radical (unpaired) electrons. The third-order valence-corrected chi connectivity index (χ3v) is 8.60. The van der Waals surface area contributed by atoms with Crippen molar-refractivity contribution in [1.82, 2.24) is 0 Å². The van der Waals surface area contributed by atoms with E-state index in [0.29, 0.717) is 10.0 Å². The third-order valence-electron chi connectivity index (χ3n) is 6.19. The normalized spacial score (nSPS) is 32.9. The minimum atomic E-state index is -3.72. The lowest BCUT2D eigenvalue weighted by Gasteiger charge is -2.24. The molecule has 3 aliphatic rings. The Bertz CT molecular complexity index is 1010. The van der Waals surface area contributed by atoms with E-state index in [4.69, 9.17) is 46.5 Å². The van der Waals surface area contributed by atoms with Crippen molar-refractivity contribution in [3.63, 3.8) is 0 Å². The van der Waals surface area contributed by atoms with Crippen LogP contribution in [0.3, 0.4) is 0 Å². The number of para-hydroxylation sites is 2. The van der Waals surface area contributed by atoms with Crippen molar-refractivity contribution in [3.8, 4) is 11.5 Å². The lowest BCUT2D eigenvalue weighted by molar-refractivity contribution is -0.198. The van der Waals surface area contributed by atoms with Gasteiger partial charge in [-0.2, -0.15) is 0 Å². The topological polar surface area (TPSA) is 63.2 Å². The standard InChI is InChI=1S/C22H23Cl2O6P/c1-21(2)27-19-20(28-21)26-18-13(22(18,19)3)12-31(25,29-16-10-6-4-8-14(16)23)30-17-11-7-5-9-15(17)24/h4-11,13,18-20H,12H2,1-3H3. The van der Waals surface area contributed by atoms with E-state index in [9.17, 15) is 4.57 Å². The summed E-state index contributed by atoms with van der Waals surface area (Å²) in [5.41, 5.74) is -0.345. The molecule has 2 heterocycles. The van der Waals surface area contributed by atoms with Gasteiger partial charge in [-0.05, 0) is 38.1 Å². The number of hydrogen-bond donors (Lipinski definition) is 0. The van der Waals surface area contributed by atoms with Gasteiger partial charge in [0.25, 0.3) is 0 Å². The highest BCUT2D eigenvalue weighted by atomic mass is 35.5. The maximum Gasteiger partial charge on any atom is 0.431 e. The Balaban J connectivity index is 1.41. The minimum absolute atomic E-state index is 0.0953. The smallest absolute Gasteiger partial charge is 0.414 e. The quantitative estimate of drug-likeness (QED) is 0.457. The summed E-state index contributed by atoms with van der Waals surface area (Å²) in [5, 5.41) is 0.691. The molecule has 0 N–H and O–H groups in total. The zero-order valence-electron chi connectivity index (χ0n) is 17.3. The van der Waals surface area contributed by atoms with Gasteiger partial charge >= 0.3 is 7.60 Å². The predicted molar refractivity (Wildman–Crippen MR) is 117 cm³/mol. The highest BCUT2D eigenvalue weighted by molar-refractivity contribution is 7.54. The molecule has 0 amide bonds. The summed E-state index contributed by atoms with van der Waals surface area (Å²) in [7, 11) is -3.72.